The number of hydrogen-bond acceptors (Lipinski definition) is 3. The predicted molar refractivity (Wildman–Crippen MR) is 73.1 cm³/mol. The number of benzene rings is 1. The molecule has 96 valence electrons. The highest BCUT2D eigenvalue weighted by molar-refractivity contribution is 5.97. The zero-order valence-electron chi connectivity index (χ0n) is 10.7. The molecule has 2 N–H and O–H groups in total. The number of hydrogen-bond donors (Lipinski definition) is 2. The van der Waals surface area contributed by atoms with Crippen molar-refractivity contribution in [2.45, 2.75) is 25.3 Å². The van der Waals surface area contributed by atoms with Crippen molar-refractivity contribution in [1.82, 2.24) is 5.32 Å². The van der Waals surface area contributed by atoms with Gasteiger partial charge in [0.05, 0.1) is 6.04 Å². The lowest BCUT2D eigenvalue weighted by Crippen LogP contribution is -2.44. The molecule has 1 atom stereocenters. The van der Waals surface area contributed by atoms with E-state index in [0.29, 0.717) is 12.5 Å². The molecule has 0 aliphatic carbocycles. The quantitative estimate of drug-likeness (QED) is 0.827. The number of aryl methyl sites for hydroxylation is 1. The Balaban J connectivity index is 1.97. The number of carbonyl (C=O) groups excluding carboxylic acids is 1. The van der Waals surface area contributed by atoms with Gasteiger partial charge in [0.1, 0.15) is 0 Å². The van der Waals surface area contributed by atoms with Gasteiger partial charge in [-0.3, -0.25) is 4.79 Å². The van der Waals surface area contributed by atoms with Crippen molar-refractivity contribution < 1.29 is 4.79 Å². The maximum Gasteiger partial charge on any atom is 0.227 e. The molecular formula is C14H19N3O. The van der Waals surface area contributed by atoms with Gasteiger partial charge in [0.2, 0.25) is 5.91 Å². The van der Waals surface area contributed by atoms with Gasteiger partial charge in [0, 0.05) is 31.4 Å². The minimum absolute atomic E-state index is 0.272. The van der Waals surface area contributed by atoms with Crippen molar-refractivity contribution in [2.75, 3.05) is 30.4 Å². The molecule has 0 saturated carbocycles. The monoisotopic (exact) mass is 245 g/mol. The van der Waals surface area contributed by atoms with Crippen molar-refractivity contribution in [3.63, 3.8) is 0 Å². The zero-order chi connectivity index (χ0) is 12.5. The van der Waals surface area contributed by atoms with Crippen LogP contribution in [-0.2, 0) is 11.2 Å². The highest BCUT2D eigenvalue weighted by atomic mass is 16.2. The number of rotatable bonds is 2. The molecule has 2 aliphatic rings. The first-order chi connectivity index (χ1) is 8.79. The third-order valence-corrected chi connectivity index (χ3v) is 3.90. The topological polar surface area (TPSA) is 44.4 Å². The molecule has 0 radical (unpaired) electrons. The van der Waals surface area contributed by atoms with Gasteiger partial charge < -0.3 is 15.5 Å². The van der Waals surface area contributed by atoms with Crippen molar-refractivity contribution in [3.05, 3.63) is 23.8 Å². The van der Waals surface area contributed by atoms with Gasteiger partial charge in [-0.1, -0.05) is 0 Å². The Morgan fingerprint density at radius 2 is 2.28 bits per heavy atom. The minimum atomic E-state index is 0.272. The van der Waals surface area contributed by atoms with E-state index in [9.17, 15) is 4.79 Å². The first-order valence-electron chi connectivity index (χ1n) is 6.63. The summed E-state index contributed by atoms with van der Waals surface area (Å²) in [7, 11) is 1.92. The number of fused-ring (bicyclic) bond motifs is 1. The Morgan fingerprint density at radius 3 is 3.00 bits per heavy atom. The second-order valence-corrected chi connectivity index (χ2v) is 5.00. The summed E-state index contributed by atoms with van der Waals surface area (Å²) in [5, 5.41) is 6.49. The van der Waals surface area contributed by atoms with Crippen LogP contribution in [-0.4, -0.2) is 32.1 Å². The van der Waals surface area contributed by atoms with Gasteiger partial charge in [0.15, 0.2) is 0 Å². The van der Waals surface area contributed by atoms with E-state index in [1.54, 1.807) is 0 Å². The predicted octanol–water partition coefficient (Wildman–Crippen LogP) is 1.37. The summed E-state index contributed by atoms with van der Waals surface area (Å²) in [4.78, 5) is 14.2. The van der Waals surface area contributed by atoms with E-state index in [1.807, 2.05) is 18.0 Å². The van der Waals surface area contributed by atoms with E-state index in [-0.39, 0.29) is 5.91 Å². The van der Waals surface area contributed by atoms with Crippen LogP contribution < -0.4 is 15.5 Å². The summed E-state index contributed by atoms with van der Waals surface area (Å²) >= 11 is 0. The molecule has 0 spiro atoms. The molecule has 4 heteroatoms. The van der Waals surface area contributed by atoms with Crippen molar-refractivity contribution in [3.8, 4) is 0 Å². The molecule has 1 saturated heterocycles. The van der Waals surface area contributed by atoms with E-state index >= 15 is 0 Å². The highest BCUT2D eigenvalue weighted by Gasteiger charge is 2.31. The molecule has 1 unspecified atom stereocenters. The summed E-state index contributed by atoms with van der Waals surface area (Å²) in [6.45, 7) is 1.93. The number of nitrogens with one attached hydrogen (secondary N) is 2. The van der Waals surface area contributed by atoms with Gasteiger partial charge in [-0.25, -0.2) is 0 Å². The molecule has 1 amide bonds. The highest BCUT2D eigenvalue weighted by Crippen LogP contribution is 2.32. The van der Waals surface area contributed by atoms with Crippen molar-refractivity contribution in [1.29, 1.82) is 0 Å². The van der Waals surface area contributed by atoms with Crippen LogP contribution >= 0.6 is 0 Å². The van der Waals surface area contributed by atoms with Crippen LogP contribution in [0.3, 0.4) is 0 Å². The standard InChI is InChI=1S/C14H19N3O/c1-15-11-3-4-13-10(8-11)2-5-14(18)17(13)12-6-7-16-9-12/h3-4,8,12,15-16H,2,5-7,9H2,1H3. The fourth-order valence-electron chi connectivity index (χ4n) is 2.93. The lowest BCUT2D eigenvalue weighted by atomic mass is 9.98. The van der Waals surface area contributed by atoms with Crippen LogP contribution in [0.15, 0.2) is 18.2 Å². The van der Waals surface area contributed by atoms with Crippen LogP contribution in [0.4, 0.5) is 11.4 Å². The Morgan fingerprint density at radius 1 is 1.39 bits per heavy atom. The first kappa shape index (κ1) is 11.5. The Kier molecular flexibility index (Phi) is 2.96. The Bertz CT molecular complexity index is 466. The smallest absolute Gasteiger partial charge is 0.227 e. The van der Waals surface area contributed by atoms with E-state index in [1.165, 1.54) is 5.56 Å². The van der Waals surface area contributed by atoms with Gasteiger partial charge in [0.25, 0.3) is 0 Å². The van der Waals surface area contributed by atoms with Crippen LogP contribution in [0.2, 0.25) is 0 Å². The number of nitrogens with zero attached hydrogens (tertiary/aromatic N) is 1. The maximum atomic E-state index is 12.2. The Hall–Kier alpha value is -1.55. The van der Waals surface area contributed by atoms with Crippen LogP contribution in [0.1, 0.15) is 18.4 Å². The average molecular weight is 245 g/mol. The van der Waals surface area contributed by atoms with Gasteiger partial charge in [-0.2, -0.15) is 0 Å². The van der Waals surface area contributed by atoms with Crippen molar-refractivity contribution in [2.24, 2.45) is 0 Å². The molecule has 1 fully saturated rings. The van der Waals surface area contributed by atoms with E-state index in [0.717, 1.165) is 37.3 Å². The fourth-order valence-corrected chi connectivity index (χ4v) is 2.93. The molecule has 2 heterocycles. The lowest BCUT2D eigenvalue weighted by molar-refractivity contribution is -0.119. The zero-order valence-corrected chi connectivity index (χ0v) is 10.7. The third kappa shape index (κ3) is 1.86. The van der Waals surface area contributed by atoms with Crippen LogP contribution in [0.25, 0.3) is 0 Å². The maximum absolute atomic E-state index is 12.2. The molecular weight excluding hydrogens is 226 g/mol. The average Bonchev–Trinajstić information content (AvgIpc) is 2.91. The fraction of sp³-hybridized carbons (Fsp3) is 0.500. The number of carbonyl (C=O) groups is 1. The van der Waals surface area contributed by atoms with E-state index < -0.39 is 0 Å². The summed E-state index contributed by atoms with van der Waals surface area (Å²) in [6.07, 6.45) is 2.55. The summed E-state index contributed by atoms with van der Waals surface area (Å²) in [6, 6.07) is 6.62. The van der Waals surface area contributed by atoms with Gasteiger partial charge in [-0.05, 0) is 43.1 Å². The molecule has 0 bridgehead atoms. The second kappa shape index (κ2) is 4.61. The largest absolute Gasteiger partial charge is 0.388 e. The lowest BCUT2D eigenvalue weighted by Gasteiger charge is -2.34. The molecule has 4 nitrogen and oxygen atoms in total. The normalized spacial score (nSPS) is 23.1. The number of amides is 1. The molecule has 1 aromatic rings. The summed E-state index contributed by atoms with van der Waals surface area (Å²) < 4.78 is 0. The van der Waals surface area contributed by atoms with E-state index in [4.69, 9.17) is 0 Å². The molecule has 0 aromatic heterocycles. The minimum Gasteiger partial charge on any atom is -0.388 e. The Labute approximate surface area is 107 Å². The van der Waals surface area contributed by atoms with Crippen LogP contribution in [0, 0.1) is 0 Å². The van der Waals surface area contributed by atoms with E-state index in [2.05, 4.69) is 22.8 Å². The third-order valence-electron chi connectivity index (χ3n) is 3.90. The van der Waals surface area contributed by atoms with Gasteiger partial charge in [-0.15, -0.1) is 0 Å². The summed E-state index contributed by atoms with van der Waals surface area (Å²) in [5.41, 5.74) is 3.51. The molecule has 2 aliphatic heterocycles. The second-order valence-electron chi connectivity index (χ2n) is 5.00. The molecule has 3 rings (SSSR count). The molecule has 18 heavy (non-hydrogen) atoms. The number of anilines is 2. The first-order valence-corrected chi connectivity index (χ1v) is 6.63. The van der Waals surface area contributed by atoms with Crippen LogP contribution in [0.5, 0.6) is 0 Å². The SMILES string of the molecule is CNc1ccc2c(c1)CCC(=O)N2C1CCNC1. The molecule has 1 aromatic carbocycles. The van der Waals surface area contributed by atoms with Gasteiger partial charge >= 0.3 is 0 Å². The van der Waals surface area contributed by atoms with Crippen molar-refractivity contribution >= 4 is 17.3 Å². The summed E-state index contributed by atoms with van der Waals surface area (Å²) in [5.74, 6) is 0.272.